The van der Waals surface area contributed by atoms with E-state index < -0.39 is 12.0 Å². The Morgan fingerprint density at radius 2 is 1.90 bits per heavy atom. The molecular formula is C22H20BrClN4O3. The Morgan fingerprint density at radius 3 is 2.61 bits per heavy atom. The summed E-state index contributed by atoms with van der Waals surface area (Å²) in [5.41, 5.74) is 8.34. The van der Waals surface area contributed by atoms with E-state index in [2.05, 4.69) is 38.0 Å². The topological polar surface area (TPSA) is 103 Å². The van der Waals surface area contributed by atoms with E-state index in [1.54, 1.807) is 24.3 Å². The van der Waals surface area contributed by atoms with Crippen LogP contribution in [-0.2, 0) is 17.8 Å². The van der Waals surface area contributed by atoms with Crippen LogP contribution in [0.5, 0.6) is 11.6 Å². The maximum Gasteiger partial charge on any atom is 0.320 e. The number of nitrogens with zero attached hydrogens (tertiary/aromatic N) is 3. The summed E-state index contributed by atoms with van der Waals surface area (Å²) < 4.78 is 9.04. The van der Waals surface area contributed by atoms with Crippen molar-refractivity contribution in [3.8, 4) is 11.6 Å². The van der Waals surface area contributed by atoms with Gasteiger partial charge in [-0.15, -0.1) is 12.4 Å². The molecule has 4 aromatic rings. The summed E-state index contributed by atoms with van der Waals surface area (Å²) in [6, 6.07) is 16.3. The summed E-state index contributed by atoms with van der Waals surface area (Å²) in [6.07, 6.45) is 3.70. The highest BCUT2D eigenvalue weighted by Crippen LogP contribution is 2.28. The Labute approximate surface area is 193 Å². The number of nitrogens with two attached hydrogens (primary N) is 1. The Morgan fingerprint density at radius 1 is 1.13 bits per heavy atom. The highest BCUT2D eigenvalue weighted by Gasteiger charge is 2.13. The lowest BCUT2D eigenvalue weighted by atomic mass is 10.1. The minimum absolute atomic E-state index is 0. The molecule has 0 radical (unpaired) electrons. The van der Waals surface area contributed by atoms with Crippen molar-refractivity contribution < 1.29 is 14.6 Å². The second kappa shape index (κ2) is 9.91. The van der Waals surface area contributed by atoms with Gasteiger partial charge in [-0.2, -0.15) is 0 Å². The largest absolute Gasteiger partial charge is 0.480 e. The summed E-state index contributed by atoms with van der Waals surface area (Å²) >= 11 is 3.50. The highest BCUT2D eigenvalue weighted by molar-refractivity contribution is 9.10. The van der Waals surface area contributed by atoms with E-state index in [9.17, 15) is 4.79 Å². The molecule has 1 unspecified atom stereocenters. The number of carbonyl (C=O) groups is 1. The minimum Gasteiger partial charge on any atom is -0.480 e. The third-order valence-corrected chi connectivity index (χ3v) is 5.17. The molecule has 4 rings (SSSR count). The molecule has 0 saturated carbocycles. The van der Waals surface area contributed by atoms with Gasteiger partial charge in [0.25, 0.3) is 0 Å². The highest BCUT2D eigenvalue weighted by atomic mass is 79.9. The number of ether oxygens (including phenoxy) is 1. The zero-order valence-electron chi connectivity index (χ0n) is 16.3. The lowest BCUT2D eigenvalue weighted by Gasteiger charge is -2.09. The molecule has 31 heavy (non-hydrogen) atoms. The number of carboxylic acid groups (broad SMARTS) is 1. The van der Waals surface area contributed by atoms with Crippen molar-refractivity contribution in [2.24, 2.45) is 5.73 Å². The van der Waals surface area contributed by atoms with E-state index in [1.807, 2.05) is 29.0 Å². The van der Waals surface area contributed by atoms with Gasteiger partial charge in [-0.05, 0) is 47.9 Å². The van der Waals surface area contributed by atoms with E-state index in [4.69, 9.17) is 15.6 Å². The van der Waals surface area contributed by atoms with E-state index in [0.29, 0.717) is 18.2 Å². The van der Waals surface area contributed by atoms with Gasteiger partial charge in [-0.25, -0.2) is 9.97 Å². The predicted molar refractivity (Wildman–Crippen MR) is 124 cm³/mol. The van der Waals surface area contributed by atoms with Crippen LogP contribution in [-0.4, -0.2) is 31.7 Å². The van der Waals surface area contributed by atoms with Crippen LogP contribution in [0.3, 0.4) is 0 Å². The lowest BCUT2D eigenvalue weighted by molar-refractivity contribution is -0.138. The Kier molecular flexibility index (Phi) is 7.27. The van der Waals surface area contributed by atoms with Crippen molar-refractivity contribution in [2.45, 2.75) is 19.0 Å². The first-order chi connectivity index (χ1) is 14.5. The van der Waals surface area contributed by atoms with Crippen molar-refractivity contribution in [1.29, 1.82) is 0 Å². The van der Waals surface area contributed by atoms with Gasteiger partial charge < -0.3 is 20.1 Å². The van der Waals surface area contributed by atoms with Gasteiger partial charge in [-0.3, -0.25) is 4.79 Å². The van der Waals surface area contributed by atoms with Crippen LogP contribution in [0.1, 0.15) is 11.1 Å². The molecule has 0 aliphatic rings. The normalized spacial score (nSPS) is 11.7. The molecule has 0 saturated heterocycles. The molecule has 160 valence electrons. The molecule has 1 atom stereocenters. The van der Waals surface area contributed by atoms with Crippen molar-refractivity contribution in [2.75, 3.05) is 0 Å². The maximum atomic E-state index is 10.9. The molecule has 0 bridgehead atoms. The second-order valence-electron chi connectivity index (χ2n) is 6.88. The molecule has 2 aromatic heterocycles. The van der Waals surface area contributed by atoms with E-state index in [1.165, 1.54) is 6.33 Å². The van der Waals surface area contributed by atoms with Gasteiger partial charge in [0.15, 0.2) is 0 Å². The third kappa shape index (κ3) is 5.41. The minimum atomic E-state index is -1.02. The SMILES string of the molecule is Cl.NC(Cc1ccc(Oc2ncnc3c2ccn3Cc2cccc(Br)c2)cc1)C(=O)O. The number of benzene rings is 2. The monoisotopic (exact) mass is 502 g/mol. The fourth-order valence-corrected chi connectivity index (χ4v) is 3.61. The number of rotatable bonds is 7. The molecular weight excluding hydrogens is 484 g/mol. The van der Waals surface area contributed by atoms with Crippen molar-refractivity contribution >= 4 is 45.3 Å². The van der Waals surface area contributed by atoms with Crippen LogP contribution in [0.25, 0.3) is 11.0 Å². The number of carboxylic acids is 1. The van der Waals surface area contributed by atoms with Gasteiger partial charge >= 0.3 is 5.97 Å². The molecule has 2 heterocycles. The van der Waals surface area contributed by atoms with Crippen molar-refractivity contribution in [3.63, 3.8) is 0 Å². The van der Waals surface area contributed by atoms with Crippen LogP contribution >= 0.6 is 28.3 Å². The molecule has 0 fully saturated rings. The van der Waals surface area contributed by atoms with Crippen LogP contribution in [0.4, 0.5) is 0 Å². The summed E-state index contributed by atoms with van der Waals surface area (Å²) in [4.78, 5) is 19.6. The fourth-order valence-electron chi connectivity index (χ4n) is 3.17. The first kappa shape index (κ1) is 22.7. The number of hydrogen-bond donors (Lipinski definition) is 2. The Bertz CT molecular complexity index is 1200. The molecule has 0 aliphatic heterocycles. The molecule has 0 amide bonds. The van der Waals surface area contributed by atoms with Gasteiger partial charge in [0.05, 0.1) is 5.39 Å². The maximum absolute atomic E-state index is 10.9. The quantitative estimate of drug-likeness (QED) is 0.387. The molecule has 9 heteroatoms. The zero-order chi connectivity index (χ0) is 21.1. The van der Waals surface area contributed by atoms with Crippen LogP contribution in [0.2, 0.25) is 0 Å². The number of halogens is 2. The zero-order valence-corrected chi connectivity index (χ0v) is 18.7. The molecule has 0 spiro atoms. The van der Waals surface area contributed by atoms with E-state index in [0.717, 1.165) is 26.6 Å². The number of fused-ring (bicyclic) bond motifs is 1. The standard InChI is InChI=1S/C22H19BrN4O3.ClH/c23-16-3-1-2-15(10-16)12-27-9-8-18-20(27)25-13-26-21(18)30-17-6-4-14(5-7-17)11-19(24)22(28)29;/h1-10,13,19H,11-12,24H2,(H,28,29);1H. The van der Waals surface area contributed by atoms with Crippen LogP contribution < -0.4 is 10.5 Å². The third-order valence-electron chi connectivity index (χ3n) is 4.67. The van der Waals surface area contributed by atoms with Gasteiger partial charge in [0.2, 0.25) is 5.88 Å². The van der Waals surface area contributed by atoms with Crippen LogP contribution in [0, 0.1) is 0 Å². The average Bonchev–Trinajstić information content (AvgIpc) is 3.13. The molecule has 7 nitrogen and oxygen atoms in total. The Balaban J connectivity index is 0.00000272. The van der Waals surface area contributed by atoms with Gasteiger partial charge in [0.1, 0.15) is 23.8 Å². The Hall–Kier alpha value is -2.94. The predicted octanol–water partition coefficient (Wildman–Crippen LogP) is 4.41. The first-order valence-electron chi connectivity index (χ1n) is 9.29. The van der Waals surface area contributed by atoms with Gasteiger partial charge in [0, 0.05) is 17.2 Å². The van der Waals surface area contributed by atoms with Crippen LogP contribution in [0.15, 0.2) is 71.6 Å². The summed E-state index contributed by atoms with van der Waals surface area (Å²) in [6.45, 7) is 0.678. The molecule has 0 aliphatic carbocycles. The summed E-state index contributed by atoms with van der Waals surface area (Å²) in [5.74, 6) is 0.0384. The average molecular weight is 504 g/mol. The molecule has 3 N–H and O–H groups in total. The first-order valence-corrected chi connectivity index (χ1v) is 10.1. The van der Waals surface area contributed by atoms with E-state index in [-0.39, 0.29) is 18.8 Å². The molecule has 2 aromatic carbocycles. The fraction of sp³-hybridized carbons (Fsp3) is 0.136. The smallest absolute Gasteiger partial charge is 0.320 e. The lowest BCUT2D eigenvalue weighted by Crippen LogP contribution is -2.32. The van der Waals surface area contributed by atoms with Crippen molar-refractivity contribution in [1.82, 2.24) is 14.5 Å². The van der Waals surface area contributed by atoms with E-state index >= 15 is 0 Å². The number of hydrogen-bond acceptors (Lipinski definition) is 5. The van der Waals surface area contributed by atoms with Crippen molar-refractivity contribution in [3.05, 3.63) is 82.7 Å². The summed E-state index contributed by atoms with van der Waals surface area (Å²) in [7, 11) is 0. The summed E-state index contributed by atoms with van der Waals surface area (Å²) in [5, 5.41) is 9.74. The number of aliphatic carboxylic acids is 1. The van der Waals surface area contributed by atoms with Gasteiger partial charge in [-0.1, -0.05) is 40.2 Å². The number of aromatic nitrogens is 3. The second-order valence-corrected chi connectivity index (χ2v) is 7.80.